The third-order valence-corrected chi connectivity index (χ3v) is 4.62. The fourth-order valence-corrected chi connectivity index (χ4v) is 3.21. The van der Waals surface area contributed by atoms with Crippen molar-refractivity contribution in [2.45, 2.75) is 19.8 Å². The lowest BCUT2D eigenvalue weighted by Crippen LogP contribution is -2.41. The van der Waals surface area contributed by atoms with E-state index in [1.54, 1.807) is 41.8 Å². The number of likely N-dealkylation sites (tertiary alicyclic amines) is 1. The Morgan fingerprint density at radius 3 is 2.92 bits per heavy atom. The van der Waals surface area contributed by atoms with Gasteiger partial charge in [0.15, 0.2) is 5.69 Å². The van der Waals surface area contributed by atoms with Crippen molar-refractivity contribution in [1.29, 1.82) is 0 Å². The highest BCUT2D eigenvalue weighted by molar-refractivity contribution is 5.93. The number of amides is 1. The van der Waals surface area contributed by atoms with Gasteiger partial charge in [-0.3, -0.25) is 9.48 Å². The molecule has 1 aromatic heterocycles. The van der Waals surface area contributed by atoms with Crippen LogP contribution >= 0.6 is 0 Å². The van der Waals surface area contributed by atoms with Gasteiger partial charge in [-0.2, -0.15) is 5.10 Å². The largest absolute Gasteiger partial charge is 0.396 e. The topological polar surface area (TPSA) is 58.4 Å². The second kappa shape index (κ2) is 6.73. The van der Waals surface area contributed by atoms with Crippen molar-refractivity contribution in [2.75, 3.05) is 19.7 Å². The molecule has 0 saturated carbocycles. The molecule has 2 heterocycles. The SMILES string of the molecule is Cc1cc(-c2cc(C(=O)N3CCCC(CO)C3)nn2C)ccc1F. The summed E-state index contributed by atoms with van der Waals surface area (Å²) in [5.74, 6) is -0.222. The highest BCUT2D eigenvalue weighted by Crippen LogP contribution is 2.24. The third-order valence-electron chi connectivity index (χ3n) is 4.62. The first-order valence-corrected chi connectivity index (χ1v) is 8.20. The van der Waals surface area contributed by atoms with Crippen LogP contribution in [0.15, 0.2) is 24.3 Å². The zero-order chi connectivity index (χ0) is 17.3. The fourth-order valence-electron chi connectivity index (χ4n) is 3.21. The zero-order valence-corrected chi connectivity index (χ0v) is 14.0. The van der Waals surface area contributed by atoms with E-state index in [2.05, 4.69) is 5.10 Å². The molecular formula is C18H22FN3O2. The molecular weight excluding hydrogens is 309 g/mol. The normalized spacial score (nSPS) is 18.0. The number of rotatable bonds is 3. The Labute approximate surface area is 140 Å². The molecule has 1 atom stereocenters. The van der Waals surface area contributed by atoms with Crippen LogP contribution in [0.1, 0.15) is 28.9 Å². The van der Waals surface area contributed by atoms with Gasteiger partial charge in [0.1, 0.15) is 5.82 Å². The number of aliphatic hydroxyl groups excluding tert-OH is 1. The number of halogens is 1. The second-order valence-electron chi connectivity index (χ2n) is 6.44. The smallest absolute Gasteiger partial charge is 0.274 e. The zero-order valence-electron chi connectivity index (χ0n) is 14.0. The van der Waals surface area contributed by atoms with Crippen LogP contribution in [0.2, 0.25) is 0 Å². The first-order chi connectivity index (χ1) is 11.5. The lowest BCUT2D eigenvalue weighted by molar-refractivity contribution is 0.0614. The Hall–Kier alpha value is -2.21. The van der Waals surface area contributed by atoms with E-state index in [0.29, 0.717) is 24.3 Å². The van der Waals surface area contributed by atoms with Gasteiger partial charge in [-0.15, -0.1) is 0 Å². The van der Waals surface area contributed by atoms with Crippen LogP contribution in [0.5, 0.6) is 0 Å². The van der Waals surface area contributed by atoms with Gasteiger partial charge in [0, 0.05) is 32.3 Å². The summed E-state index contributed by atoms with van der Waals surface area (Å²) in [5.41, 5.74) is 2.54. The Morgan fingerprint density at radius 2 is 2.21 bits per heavy atom. The van der Waals surface area contributed by atoms with Crippen LogP contribution in [0.3, 0.4) is 0 Å². The molecule has 5 nitrogen and oxygen atoms in total. The summed E-state index contributed by atoms with van der Waals surface area (Å²) in [6, 6.07) is 6.62. The van der Waals surface area contributed by atoms with E-state index in [1.165, 1.54) is 6.07 Å². The Morgan fingerprint density at radius 1 is 1.42 bits per heavy atom. The predicted molar refractivity (Wildman–Crippen MR) is 89.1 cm³/mol. The first kappa shape index (κ1) is 16.6. The van der Waals surface area contributed by atoms with Gasteiger partial charge in [0.05, 0.1) is 5.69 Å². The van der Waals surface area contributed by atoms with Crippen molar-refractivity contribution in [2.24, 2.45) is 13.0 Å². The van der Waals surface area contributed by atoms with Gasteiger partial charge in [0.25, 0.3) is 5.91 Å². The average Bonchev–Trinajstić information content (AvgIpc) is 2.98. The lowest BCUT2D eigenvalue weighted by atomic mass is 9.99. The number of nitrogens with zero attached hydrogens (tertiary/aromatic N) is 3. The maximum atomic E-state index is 13.5. The Kier molecular flexibility index (Phi) is 4.66. The number of aryl methyl sites for hydroxylation is 2. The minimum absolute atomic E-state index is 0.103. The number of carbonyl (C=O) groups is 1. The number of aliphatic hydroxyl groups is 1. The summed E-state index contributed by atoms with van der Waals surface area (Å²) >= 11 is 0. The number of hydrogen-bond acceptors (Lipinski definition) is 3. The number of piperidine rings is 1. The summed E-state index contributed by atoms with van der Waals surface area (Å²) in [4.78, 5) is 14.4. The van der Waals surface area contributed by atoms with Gasteiger partial charge >= 0.3 is 0 Å². The van der Waals surface area contributed by atoms with Crippen LogP contribution < -0.4 is 0 Å². The van der Waals surface area contributed by atoms with Gasteiger partial charge < -0.3 is 10.0 Å². The number of hydrogen-bond donors (Lipinski definition) is 1. The monoisotopic (exact) mass is 331 g/mol. The molecule has 1 unspecified atom stereocenters. The van der Waals surface area contributed by atoms with Crippen LogP contribution in [0, 0.1) is 18.7 Å². The van der Waals surface area contributed by atoms with Gasteiger partial charge in [-0.25, -0.2) is 4.39 Å². The van der Waals surface area contributed by atoms with Gasteiger partial charge in [-0.1, -0.05) is 0 Å². The second-order valence-corrected chi connectivity index (χ2v) is 6.44. The molecule has 1 aliphatic rings. The minimum Gasteiger partial charge on any atom is -0.396 e. The molecule has 128 valence electrons. The van der Waals surface area contributed by atoms with Gasteiger partial charge in [0.2, 0.25) is 0 Å². The summed E-state index contributed by atoms with van der Waals surface area (Å²) in [6.07, 6.45) is 1.84. The Balaban J connectivity index is 1.85. The standard InChI is InChI=1S/C18H22FN3O2/c1-12-8-14(5-6-15(12)19)17-9-16(20-21(17)2)18(24)22-7-3-4-13(10-22)11-23/h5-6,8-9,13,23H,3-4,7,10-11H2,1-2H3. The average molecular weight is 331 g/mol. The summed E-state index contributed by atoms with van der Waals surface area (Å²) < 4.78 is 15.1. The highest BCUT2D eigenvalue weighted by Gasteiger charge is 2.26. The molecule has 0 aliphatic carbocycles. The predicted octanol–water partition coefficient (Wildman–Crippen LogP) is 2.38. The molecule has 1 aliphatic heterocycles. The van der Waals surface area contributed by atoms with E-state index < -0.39 is 0 Å². The number of benzene rings is 1. The highest BCUT2D eigenvalue weighted by atomic mass is 19.1. The lowest BCUT2D eigenvalue weighted by Gasteiger charge is -2.31. The quantitative estimate of drug-likeness (QED) is 0.939. The van der Waals surface area contributed by atoms with Gasteiger partial charge in [-0.05, 0) is 55.5 Å². The van der Waals surface area contributed by atoms with E-state index in [4.69, 9.17) is 0 Å². The summed E-state index contributed by atoms with van der Waals surface area (Å²) in [6.45, 7) is 3.07. The molecule has 6 heteroatoms. The molecule has 0 bridgehead atoms. The van der Waals surface area contributed by atoms with Crippen molar-refractivity contribution in [1.82, 2.24) is 14.7 Å². The molecule has 1 saturated heterocycles. The number of aromatic nitrogens is 2. The van der Waals surface area contributed by atoms with Crippen LogP contribution in [-0.2, 0) is 7.05 Å². The van der Waals surface area contributed by atoms with Crippen molar-refractivity contribution in [3.8, 4) is 11.3 Å². The van der Waals surface area contributed by atoms with Crippen molar-refractivity contribution >= 4 is 5.91 Å². The number of carbonyl (C=O) groups excluding carboxylic acids is 1. The van der Waals surface area contributed by atoms with Crippen molar-refractivity contribution in [3.63, 3.8) is 0 Å². The molecule has 1 N–H and O–H groups in total. The van der Waals surface area contributed by atoms with E-state index >= 15 is 0 Å². The first-order valence-electron chi connectivity index (χ1n) is 8.20. The third kappa shape index (κ3) is 3.19. The molecule has 24 heavy (non-hydrogen) atoms. The van der Waals surface area contributed by atoms with E-state index in [1.807, 2.05) is 0 Å². The van der Waals surface area contributed by atoms with E-state index in [-0.39, 0.29) is 24.2 Å². The molecule has 1 aromatic carbocycles. The summed E-state index contributed by atoms with van der Waals surface area (Å²) in [7, 11) is 1.78. The van der Waals surface area contributed by atoms with Crippen LogP contribution in [-0.4, -0.2) is 45.4 Å². The van der Waals surface area contributed by atoms with Crippen LogP contribution in [0.4, 0.5) is 4.39 Å². The minimum atomic E-state index is -0.249. The maximum Gasteiger partial charge on any atom is 0.274 e. The Bertz CT molecular complexity index is 757. The maximum absolute atomic E-state index is 13.5. The fraction of sp³-hybridized carbons (Fsp3) is 0.444. The summed E-state index contributed by atoms with van der Waals surface area (Å²) in [5, 5.41) is 13.7. The molecule has 2 aromatic rings. The van der Waals surface area contributed by atoms with E-state index in [0.717, 1.165) is 24.1 Å². The van der Waals surface area contributed by atoms with Crippen LogP contribution in [0.25, 0.3) is 11.3 Å². The molecule has 1 amide bonds. The van der Waals surface area contributed by atoms with E-state index in [9.17, 15) is 14.3 Å². The molecule has 0 spiro atoms. The molecule has 0 radical (unpaired) electrons. The molecule has 3 rings (SSSR count). The van der Waals surface area contributed by atoms with Crippen molar-refractivity contribution in [3.05, 3.63) is 41.3 Å². The molecule has 1 fully saturated rings. The van der Waals surface area contributed by atoms with Crippen molar-refractivity contribution < 1.29 is 14.3 Å².